The number of piperazine rings is 1. The number of anilines is 1. The maximum Gasteiger partial charge on any atom is 0.298 e. The van der Waals surface area contributed by atoms with Crippen molar-refractivity contribution in [2.45, 2.75) is 6.54 Å². The Morgan fingerprint density at radius 2 is 1.90 bits per heavy atom. The molecule has 1 aliphatic heterocycles. The molecule has 3 aromatic heterocycles. The molecule has 1 aromatic carbocycles. The predicted octanol–water partition coefficient (Wildman–Crippen LogP) is 2.41. The van der Waals surface area contributed by atoms with Crippen LogP contribution in [0.4, 0.5) is 10.4 Å². The number of pyridine rings is 1. The Labute approximate surface area is 177 Å². The van der Waals surface area contributed by atoms with Crippen molar-refractivity contribution in [2.24, 2.45) is 0 Å². The first-order chi connectivity index (χ1) is 15.2. The molecule has 5 rings (SSSR count). The van der Waals surface area contributed by atoms with Crippen LogP contribution in [0.1, 0.15) is 0 Å². The van der Waals surface area contributed by atoms with Crippen LogP contribution in [0.5, 0.6) is 0 Å². The minimum absolute atomic E-state index is 0.120. The molecular weight excluding hydrogens is 399 g/mol. The monoisotopic (exact) mass is 420 g/mol. The third-order valence-electron chi connectivity index (χ3n) is 5.43. The Morgan fingerprint density at radius 1 is 1.03 bits per heavy atom. The lowest BCUT2D eigenvalue weighted by molar-refractivity contribution is 0.239. The topological polar surface area (TPSA) is 80.3 Å². The molecule has 9 heteroatoms. The van der Waals surface area contributed by atoms with Crippen molar-refractivity contribution in [1.29, 1.82) is 0 Å². The minimum Gasteiger partial charge on any atom is -0.423 e. The molecule has 31 heavy (non-hydrogen) atoms. The minimum atomic E-state index is -0.337. The van der Waals surface area contributed by atoms with Gasteiger partial charge in [0.25, 0.3) is 11.6 Å². The van der Waals surface area contributed by atoms with E-state index in [0.717, 1.165) is 44.0 Å². The molecule has 0 N–H and O–H groups in total. The van der Waals surface area contributed by atoms with Gasteiger partial charge in [0.15, 0.2) is 5.58 Å². The molecule has 0 spiro atoms. The second-order valence-electron chi connectivity index (χ2n) is 7.46. The van der Waals surface area contributed by atoms with Crippen LogP contribution in [-0.4, -0.2) is 57.4 Å². The van der Waals surface area contributed by atoms with Gasteiger partial charge in [-0.15, -0.1) is 0 Å². The van der Waals surface area contributed by atoms with Crippen molar-refractivity contribution in [3.05, 3.63) is 71.0 Å². The summed E-state index contributed by atoms with van der Waals surface area (Å²) in [5.74, 6) is -0.337. The summed E-state index contributed by atoms with van der Waals surface area (Å²) in [7, 11) is 0. The number of benzene rings is 1. The van der Waals surface area contributed by atoms with E-state index in [1.807, 2.05) is 12.1 Å². The van der Waals surface area contributed by atoms with Crippen LogP contribution in [0.15, 0.2) is 64.1 Å². The van der Waals surface area contributed by atoms with E-state index in [0.29, 0.717) is 23.7 Å². The van der Waals surface area contributed by atoms with E-state index < -0.39 is 0 Å². The molecule has 0 amide bonds. The number of aromatic nitrogens is 4. The molecule has 1 saturated heterocycles. The van der Waals surface area contributed by atoms with Gasteiger partial charge in [0, 0.05) is 62.8 Å². The van der Waals surface area contributed by atoms with Crippen molar-refractivity contribution < 1.29 is 8.81 Å². The summed E-state index contributed by atoms with van der Waals surface area (Å²) in [6.45, 7) is 4.33. The van der Waals surface area contributed by atoms with Gasteiger partial charge in [0.1, 0.15) is 11.3 Å². The van der Waals surface area contributed by atoms with Crippen LogP contribution >= 0.6 is 0 Å². The number of rotatable bonds is 5. The van der Waals surface area contributed by atoms with E-state index in [2.05, 4.69) is 24.9 Å². The highest BCUT2D eigenvalue weighted by molar-refractivity contribution is 5.74. The van der Waals surface area contributed by atoms with Gasteiger partial charge in [-0.2, -0.15) is 10.1 Å². The van der Waals surface area contributed by atoms with Crippen molar-refractivity contribution in [3.8, 4) is 11.3 Å². The average molecular weight is 420 g/mol. The summed E-state index contributed by atoms with van der Waals surface area (Å²) in [5, 5.41) is 4.49. The number of halogens is 1. The van der Waals surface area contributed by atoms with Crippen LogP contribution in [0, 0.1) is 5.82 Å². The Bertz CT molecular complexity index is 1250. The maximum absolute atomic E-state index is 13.4. The number of hydrogen-bond acceptors (Lipinski definition) is 7. The highest BCUT2D eigenvalue weighted by atomic mass is 19.1. The molecule has 0 unspecified atom stereocenters. The first-order valence-electron chi connectivity index (χ1n) is 10.2. The fraction of sp³-hybridized carbons (Fsp3) is 0.273. The molecule has 1 fully saturated rings. The molecule has 158 valence electrons. The highest BCUT2D eigenvalue weighted by Gasteiger charge is 2.21. The second kappa shape index (κ2) is 8.27. The standard InChI is InChI=1S/C22H21FN6O2/c23-17-3-4-19-20(14-17)31-22(25-19)28-11-8-27(9-12-28)10-13-29-21(30)6-5-18(26-29)16-2-1-7-24-15-16/h1-7,14-15H,8-13H2. The quantitative estimate of drug-likeness (QED) is 0.490. The molecule has 0 atom stereocenters. The summed E-state index contributed by atoms with van der Waals surface area (Å²) >= 11 is 0. The zero-order valence-corrected chi connectivity index (χ0v) is 16.8. The predicted molar refractivity (Wildman–Crippen MR) is 114 cm³/mol. The van der Waals surface area contributed by atoms with Crippen LogP contribution in [-0.2, 0) is 6.54 Å². The SMILES string of the molecule is O=c1ccc(-c2cccnc2)nn1CCN1CCN(c2nc3ccc(F)cc3o2)CC1. The van der Waals surface area contributed by atoms with Gasteiger partial charge in [0.2, 0.25) is 0 Å². The molecule has 8 nitrogen and oxygen atoms in total. The highest BCUT2D eigenvalue weighted by Crippen LogP contribution is 2.23. The van der Waals surface area contributed by atoms with Gasteiger partial charge in [-0.05, 0) is 30.3 Å². The molecule has 4 heterocycles. The number of oxazole rings is 1. The molecule has 0 bridgehead atoms. The first-order valence-corrected chi connectivity index (χ1v) is 10.2. The summed E-state index contributed by atoms with van der Waals surface area (Å²) in [4.78, 5) is 25.1. The maximum atomic E-state index is 13.4. The van der Waals surface area contributed by atoms with Crippen molar-refractivity contribution in [3.63, 3.8) is 0 Å². The average Bonchev–Trinajstić information content (AvgIpc) is 3.23. The van der Waals surface area contributed by atoms with Gasteiger partial charge in [0.05, 0.1) is 12.2 Å². The fourth-order valence-electron chi connectivity index (χ4n) is 3.70. The third-order valence-corrected chi connectivity index (χ3v) is 5.43. The Kier molecular flexibility index (Phi) is 5.17. The molecule has 1 aliphatic rings. The second-order valence-corrected chi connectivity index (χ2v) is 7.46. The van der Waals surface area contributed by atoms with E-state index in [9.17, 15) is 9.18 Å². The summed E-state index contributed by atoms with van der Waals surface area (Å²) in [5.41, 5.74) is 2.59. The number of fused-ring (bicyclic) bond motifs is 1. The Hall–Kier alpha value is -3.59. The van der Waals surface area contributed by atoms with E-state index in [1.54, 1.807) is 30.6 Å². The smallest absolute Gasteiger partial charge is 0.298 e. The Morgan fingerprint density at radius 3 is 2.71 bits per heavy atom. The summed E-state index contributed by atoms with van der Waals surface area (Å²) in [6.07, 6.45) is 3.44. The van der Waals surface area contributed by atoms with E-state index in [-0.39, 0.29) is 11.4 Å². The van der Waals surface area contributed by atoms with Gasteiger partial charge >= 0.3 is 0 Å². The largest absolute Gasteiger partial charge is 0.423 e. The van der Waals surface area contributed by atoms with Crippen molar-refractivity contribution in [1.82, 2.24) is 24.6 Å². The lowest BCUT2D eigenvalue weighted by Crippen LogP contribution is -2.47. The number of hydrogen-bond donors (Lipinski definition) is 0. The van der Waals surface area contributed by atoms with Gasteiger partial charge in [-0.3, -0.25) is 14.7 Å². The van der Waals surface area contributed by atoms with Crippen LogP contribution < -0.4 is 10.5 Å². The Balaban J connectivity index is 1.21. The van der Waals surface area contributed by atoms with Crippen molar-refractivity contribution in [2.75, 3.05) is 37.6 Å². The van der Waals surface area contributed by atoms with Gasteiger partial charge in [-0.25, -0.2) is 9.07 Å². The normalized spacial score (nSPS) is 14.9. The van der Waals surface area contributed by atoms with Gasteiger partial charge in [-0.1, -0.05) is 0 Å². The van der Waals surface area contributed by atoms with Crippen LogP contribution in [0.2, 0.25) is 0 Å². The van der Waals surface area contributed by atoms with Crippen LogP contribution in [0.25, 0.3) is 22.4 Å². The molecular formula is C22H21FN6O2. The first kappa shape index (κ1) is 19.4. The zero-order valence-electron chi connectivity index (χ0n) is 16.8. The molecule has 0 saturated carbocycles. The fourth-order valence-corrected chi connectivity index (χ4v) is 3.70. The lowest BCUT2D eigenvalue weighted by atomic mass is 10.2. The summed E-state index contributed by atoms with van der Waals surface area (Å²) < 4.78 is 20.6. The molecule has 0 radical (unpaired) electrons. The lowest BCUT2D eigenvalue weighted by Gasteiger charge is -2.33. The van der Waals surface area contributed by atoms with Crippen LogP contribution in [0.3, 0.4) is 0 Å². The van der Waals surface area contributed by atoms with E-state index >= 15 is 0 Å². The molecule has 4 aromatic rings. The molecule has 0 aliphatic carbocycles. The van der Waals surface area contributed by atoms with E-state index in [1.165, 1.54) is 16.8 Å². The van der Waals surface area contributed by atoms with Gasteiger partial charge < -0.3 is 9.32 Å². The van der Waals surface area contributed by atoms with E-state index in [4.69, 9.17) is 4.42 Å². The number of nitrogens with zero attached hydrogens (tertiary/aromatic N) is 6. The third kappa shape index (κ3) is 4.17. The van der Waals surface area contributed by atoms with Crippen molar-refractivity contribution >= 4 is 17.1 Å². The summed E-state index contributed by atoms with van der Waals surface area (Å²) in [6, 6.07) is 11.9. The zero-order chi connectivity index (χ0) is 21.2.